The van der Waals surface area contributed by atoms with Gasteiger partial charge in [-0.25, -0.2) is 0 Å². The Morgan fingerprint density at radius 1 is 1.12 bits per heavy atom. The van der Waals surface area contributed by atoms with E-state index < -0.39 is 0 Å². The van der Waals surface area contributed by atoms with Gasteiger partial charge in [-0.1, -0.05) is 37.5 Å². The number of rotatable bonds is 3. The van der Waals surface area contributed by atoms with E-state index in [2.05, 4.69) is 15.5 Å². The first-order chi connectivity index (χ1) is 12.1. The van der Waals surface area contributed by atoms with Crippen LogP contribution in [0.3, 0.4) is 0 Å². The first-order valence-corrected chi connectivity index (χ1v) is 8.77. The van der Waals surface area contributed by atoms with Gasteiger partial charge in [0.05, 0.1) is 0 Å². The highest BCUT2D eigenvalue weighted by Gasteiger charge is 2.23. The number of hydrogen-bond donors (Lipinski definition) is 1. The van der Waals surface area contributed by atoms with Crippen molar-refractivity contribution in [3.05, 3.63) is 35.2 Å². The topological polar surface area (TPSA) is 81.2 Å². The maximum Gasteiger partial charge on any atom is 0.309 e. The summed E-state index contributed by atoms with van der Waals surface area (Å²) in [5.41, 5.74) is 2.78. The molecule has 0 saturated heterocycles. The Bertz CT molecular complexity index is 919. The second-order valence-electron chi connectivity index (χ2n) is 6.73. The molecule has 4 rings (SSSR count). The molecule has 0 unspecified atom stereocenters. The van der Waals surface area contributed by atoms with Crippen LogP contribution in [0.15, 0.2) is 27.0 Å². The molecule has 1 N–H and O–H groups in total. The van der Waals surface area contributed by atoms with E-state index in [-0.39, 0.29) is 23.7 Å². The van der Waals surface area contributed by atoms with Crippen molar-refractivity contribution in [2.45, 2.75) is 52.0 Å². The van der Waals surface area contributed by atoms with Gasteiger partial charge in [-0.15, -0.1) is 10.2 Å². The zero-order valence-electron chi connectivity index (χ0n) is 14.5. The molecule has 1 aliphatic carbocycles. The third-order valence-electron chi connectivity index (χ3n) is 4.91. The number of carbonyl (C=O) groups is 1. The number of aryl methyl sites for hydroxylation is 2. The number of hydrogen-bond acceptors (Lipinski definition) is 5. The first kappa shape index (κ1) is 15.9. The van der Waals surface area contributed by atoms with Crippen molar-refractivity contribution in [2.24, 2.45) is 0 Å². The van der Waals surface area contributed by atoms with Crippen LogP contribution in [0, 0.1) is 13.8 Å². The van der Waals surface area contributed by atoms with Gasteiger partial charge in [0.2, 0.25) is 0 Å². The lowest BCUT2D eigenvalue weighted by Gasteiger charge is -2.21. The largest absolute Gasteiger partial charge is 0.450 e. The minimum Gasteiger partial charge on any atom is -0.450 e. The van der Waals surface area contributed by atoms with Crippen molar-refractivity contribution in [3.8, 4) is 11.7 Å². The third-order valence-corrected chi connectivity index (χ3v) is 4.91. The maximum absolute atomic E-state index is 12.3. The van der Waals surface area contributed by atoms with Gasteiger partial charge < -0.3 is 14.2 Å². The zero-order valence-corrected chi connectivity index (χ0v) is 14.5. The lowest BCUT2D eigenvalue weighted by molar-refractivity contribution is 0.0893. The number of benzene rings is 1. The molecule has 25 heavy (non-hydrogen) atoms. The highest BCUT2D eigenvalue weighted by molar-refractivity contribution is 5.91. The van der Waals surface area contributed by atoms with Gasteiger partial charge in [-0.3, -0.25) is 4.79 Å². The summed E-state index contributed by atoms with van der Waals surface area (Å²) in [7, 11) is 0. The van der Waals surface area contributed by atoms with E-state index in [1.165, 1.54) is 6.42 Å². The minimum atomic E-state index is -0.310. The molecule has 0 atom stereocenters. The molecular formula is C19H21N3O3. The number of furan rings is 1. The van der Waals surface area contributed by atoms with Crippen LogP contribution in [0.25, 0.3) is 22.6 Å². The average Bonchev–Trinajstić information content (AvgIpc) is 3.22. The smallest absolute Gasteiger partial charge is 0.309 e. The van der Waals surface area contributed by atoms with E-state index in [9.17, 15) is 4.79 Å². The molecule has 1 aliphatic rings. The van der Waals surface area contributed by atoms with Gasteiger partial charge in [-0.05, 0) is 32.3 Å². The van der Waals surface area contributed by atoms with Gasteiger partial charge in [-0.2, -0.15) is 0 Å². The molecule has 6 heteroatoms. The van der Waals surface area contributed by atoms with Crippen molar-refractivity contribution in [1.82, 2.24) is 15.5 Å². The van der Waals surface area contributed by atoms with Crippen LogP contribution in [0.5, 0.6) is 0 Å². The number of amides is 1. The number of carbonyl (C=O) groups excluding carboxylic acids is 1. The predicted molar refractivity (Wildman–Crippen MR) is 93.3 cm³/mol. The number of nitrogens with zero attached hydrogens (tertiary/aromatic N) is 2. The number of nitrogens with one attached hydrogen (secondary N) is 1. The molecule has 3 aromatic rings. The van der Waals surface area contributed by atoms with Gasteiger partial charge in [0.15, 0.2) is 5.76 Å². The predicted octanol–water partition coefficient (Wildman–Crippen LogP) is 4.16. The van der Waals surface area contributed by atoms with Crippen LogP contribution in [0.2, 0.25) is 0 Å². The molecule has 2 aromatic heterocycles. The summed E-state index contributed by atoms with van der Waals surface area (Å²) in [5, 5.41) is 11.9. The zero-order chi connectivity index (χ0) is 17.4. The fraction of sp³-hybridized carbons (Fsp3) is 0.421. The lowest BCUT2D eigenvalue weighted by atomic mass is 9.95. The van der Waals surface area contributed by atoms with Crippen molar-refractivity contribution >= 4 is 16.9 Å². The summed E-state index contributed by atoms with van der Waals surface area (Å²) in [6, 6.07) is 6.18. The van der Waals surface area contributed by atoms with Gasteiger partial charge in [0, 0.05) is 17.0 Å². The summed E-state index contributed by atoms with van der Waals surface area (Å²) in [5.74, 6) is 0.433. The molecule has 0 spiro atoms. The van der Waals surface area contributed by atoms with Crippen LogP contribution in [-0.2, 0) is 0 Å². The Labute approximate surface area is 145 Å². The van der Waals surface area contributed by atoms with E-state index in [0.717, 1.165) is 47.8 Å². The Morgan fingerprint density at radius 2 is 1.92 bits per heavy atom. The minimum absolute atomic E-state index is 0.0165. The SMILES string of the molecule is Cc1c(-c2nnc(C(=O)NC3CCCCC3)o2)oc2c(C)cccc12. The van der Waals surface area contributed by atoms with E-state index in [0.29, 0.717) is 5.76 Å². The molecular weight excluding hydrogens is 318 g/mol. The first-order valence-electron chi connectivity index (χ1n) is 8.77. The second-order valence-corrected chi connectivity index (χ2v) is 6.73. The molecule has 130 valence electrons. The van der Waals surface area contributed by atoms with Gasteiger partial charge >= 0.3 is 11.8 Å². The summed E-state index contributed by atoms with van der Waals surface area (Å²) in [6.07, 6.45) is 5.56. The highest BCUT2D eigenvalue weighted by atomic mass is 16.4. The van der Waals surface area contributed by atoms with Crippen LogP contribution in [-0.4, -0.2) is 22.1 Å². The number of para-hydroxylation sites is 1. The Kier molecular flexibility index (Phi) is 4.03. The standard InChI is InChI=1S/C19H21N3O3/c1-11-7-6-10-14-12(2)16(24-15(11)14)18-21-22-19(25-18)17(23)20-13-8-4-3-5-9-13/h6-7,10,13H,3-5,8-9H2,1-2H3,(H,20,23). The normalized spacial score (nSPS) is 15.6. The van der Waals surface area contributed by atoms with Crippen molar-refractivity contribution < 1.29 is 13.6 Å². The molecule has 1 amide bonds. The molecule has 0 bridgehead atoms. The highest BCUT2D eigenvalue weighted by Crippen LogP contribution is 2.33. The van der Waals surface area contributed by atoms with E-state index in [1.807, 2.05) is 32.0 Å². The average molecular weight is 339 g/mol. The molecule has 0 radical (unpaired) electrons. The van der Waals surface area contributed by atoms with E-state index in [4.69, 9.17) is 8.83 Å². The van der Waals surface area contributed by atoms with Gasteiger partial charge in [0.25, 0.3) is 5.89 Å². The fourth-order valence-electron chi connectivity index (χ4n) is 3.49. The van der Waals surface area contributed by atoms with Crippen LogP contribution < -0.4 is 5.32 Å². The Morgan fingerprint density at radius 3 is 2.68 bits per heavy atom. The van der Waals surface area contributed by atoms with Gasteiger partial charge in [0.1, 0.15) is 5.58 Å². The lowest BCUT2D eigenvalue weighted by Crippen LogP contribution is -2.36. The Balaban J connectivity index is 1.60. The summed E-state index contributed by atoms with van der Waals surface area (Å²) in [4.78, 5) is 12.3. The third kappa shape index (κ3) is 2.92. The number of fused-ring (bicyclic) bond motifs is 1. The molecule has 2 heterocycles. The fourth-order valence-corrected chi connectivity index (χ4v) is 3.49. The summed E-state index contributed by atoms with van der Waals surface area (Å²) >= 11 is 0. The van der Waals surface area contributed by atoms with Crippen molar-refractivity contribution in [3.63, 3.8) is 0 Å². The monoisotopic (exact) mass is 339 g/mol. The van der Waals surface area contributed by atoms with Crippen LogP contribution in [0.1, 0.15) is 53.9 Å². The molecule has 1 saturated carbocycles. The summed E-state index contributed by atoms with van der Waals surface area (Å²) < 4.78 is 11.5. The molecule has 1 fully saturated rings. The molecule has 6 nitrogen and oxygen atoms in total. The van der Waals surface area contributed by atoms with E-state index >= 15 is 0 Å². The second kappa shape index (κ2) is 6.35. The maximum atomic E-state index is 12.3. The summed E-state index contributed by atoms with van der Waals surface area (Å²) in [6.45, 7) is 3.94. The molecule has 1 aromatic carbocycles. The van der Waals surface area contributed by atoms with E-state index in [1.54, 1.807) is 0 Å². The van der Waals surface area contributed by atoms with Crippen LogP contribution >= 0.6 is 0 Å². The quantitative estimate of drug-likeness (QED) is 0.775. The van der Waals surface area contributed by atoms with Crippen molar-refractivity contribution in [2.75, 3.05) is 0 Å². The Hall–Kier alpha value is -2.63. The molecule has 0 aliphatic heterocycles. The number of aromatic nitrogens is 2. The van der Waals surface area contributed by atoms with Crippen molar-refractivity contribution in [1.29, 1.82) is 0 Å². The van der Waals surface area contributed by atoms with Crippen LogP contribution in [0.4, 0.5) is 0 Å².